The summed E-state index contributed by atoms with van der Waals surface area (Å²) < 4.78 is 0. The van der Waals surface area contributed by atoms with E-state index in [9.17, 15) is 4.79 Å². The van der Waals surface area contributed by atoms with Gasteiger partial charge >= 0.3 is 6.03 Å². The minimum absolute atomic E-state index is 0.149. The van der Waals surface area contributed by atoms with Crippen LogP contribution in [0.3, 0.4) is 0 Å². The van der Waals surface area contributed by atoms with Crippen LogP contribution < -0.4 is 5.32 Å². The zero-order chi connectivity index (χ0) is 16.0. The Hall–Kier alpha value is -2.36. The summed E-state index contributed by atoms with van der Waals surface area (Å²) in [6.45, 7) is 8.28. The number of carbonyl (C=O) groups is 1. The summed E-state index contributed by atoms with van der Waals surface area (Å²) >= 11 is 0. The first kappa shape index (κ1) is 14.6. The Kier molecular flexibility index (Phi) is 3.20. The van der Waals surface area contributed by atoms with Crippen molar-refractivity contribution in [3.05, 3.63) is 59.8 Å². The van der Waals surface area contributed by atoms with Gasteiger partial charge in [-0.3, -0.25) is 4.90 Å². The Morgan fingerprint density at radius 3 is 2.50 bits per heavy atom. The third-order valence-electron chi connectivity index (χ3n) is 4.16. The second-order valence-corrected chi connectivity index (χ2v) is 6.80. The van der Waals surface area contributed by atoms with Crippen LogP contribution in [-0.4, -0.2) is 16.8 Å². The molecule has 2 aliphatic heterocycles. The maximum absolute atomic E-state index is 12.6. The molecule has 0 fully saturated rings. The van der Waals surface area contributed by atoms with E-state index < -0.39 is 5.66 Å². The van der Waals surface area contributed by atoms with Crippen molar-refractivity contribution in [2.24, 2.45) is 10.4 Å². The summed E-state index contributed by atoms with van der Waals surface area (Å²) in [5.41, 5.74) is 1.02. The molecule has 0 aromatic heterocycles. The van der Waals surface area contributed by atoms with Crippen LogP contribution >= 0.6 is 0 Å². The van der Waals surface area contributed by atoms with E-state index in [0.29, 0.717) is 5.84 Å². The van der Waals surface area contributed by atoms with Gasteiger partial charge in [-0.05, 0) is 24.6 Å². The van der Waals surface area contributed by atoms with Crippen molar-refractivity contribution in [2.45, 2.75) is 33.4 Å². The summed E-state index contributed by atoms with van der Waals surface area (Å²) in [7, 11) is 0. The van der Waals surface area contributed by atoms with Crippen molar-refractivity contribution in [1.82, 2.24) is 10.2 Å². The van der Waals surface area contributed by atoms with Gasteiger partial charge in [0.05, 0.1) is 0 Å². The maximum atomic E-state index is 12.6. The standard InChI is InChI=1S/C18H21N3O/c1-13-10-11-21-15(12-13)19-18(17(2,3)4,20-16(21)22)14-8-6-5-7-9-14/h5-12H,1-4H3,(H,20,22)/t18-/m0/s1. The number of aliphatic imine (C=N–C) groups is 1. The number of amidine groups is 1. The van der Waals surface area contributed by atoms with Gasteiger partial charge in [-0.15, -0.1) is 0 Å². The monoisotopic (exact) mass is 295 g/mol. The molecule has 0 saturated heterocycles. The largest absolute Gasteiger partial charge is 0.329 e. The average Bonchev–Trinajstić information content (AvgIpc) is 2.46. The van der Waals surface area contributed by atoms with E-state index in [4.69, 9.17) is 4.99 Å². The van der Waals surface area contributed by atoms with E-state index in [1.54, 1.807) is 11.1 Å². The molecule has 22 heavy (non-hydrogen) atoms. The van der Waals surface area contributed by atoms with Crippen LogP contribution in [0.2, 0.25) is 0 Å². The molecule has 0 aliphatic carbocycles. The molecule has 0 spiro atoms. The van der Waals surface area contributed by atoms with Crippen molar-refractivity contribution in [2.75, 3.05) is 0 Å². The number of rotatable bonds is 1. The molecular weight excluding hydrogens is 274 g/mol. The predicted octanol–water partition coefficient (Wildman–Crippen LogP) is 3.78. The van der Waals surface area contributed by atoms with Gasteiger partial charge < -0.3 is 5.32 Å². The molecular formula is C18H21N3O. The van der Waals surface area contributed by atoms with Crippen LogP contribution in [0.5, 0.6) is 0 Å². The van der Waals surface area contributed by atoms with Crippen LogP contribution in [0.4, 0.5) is 4.79 Å². The number of urea groups is 1. The number of hydrogen-bond acceptors (Lipinski definition) is 2. The Morgan fingerprint density at radius 1 is 1.18 bits per heavy atom. The lowest BCUT2D eigenvalue weighted by molar-refractivity contribution is 0.132. The highest BCUT2D eigenvalue weighted by Gasteiger charge is 2.48. The van der Waals surface area contributed by atoms with E-state index in [2.05, 4.69) is 26.1 Å². The fourth-order valence-electron chi connectivity index (χ4n) is 2.87. The van der Waals surface area contributed by atoms with Crippen molar-refractivity contribution < 1.29 is 4.79 Å². The molecule has 1 atom stereocenters. The third kappa shape index (κ3) is 2.15. The van der Waals surface area contributed by atoms with Crippen LogP contribution in [0.25, 0.3) is 0 Å². The fraction of sp³-hybridized carbons (Fsp3) is 0.333. The number of allylic oxidation sites excluding steroid dienone is 2. The van der Waals surface area contributed by atoms with E-state index in [-0.39, 0.29) is 11.4 Å². The Bertz CT molecular complexity index is 695. The maximum Gasteiger partial charge on any atom is 0.329 e. The Morgan fingerprint density at radius 2 is 1.86 bits per heavy atom. The molecule has 0 unspecified atom stereocenters. The molecule has 2 aliphatic rings. The van der Waals surface area contributed by atoms with Crippen molar-refractivity contribution >= 4 is 11.9 Å². The highest BCUT2D eigenvalue weighted by atomic mass is 16.2. The SMILES string of the molecule is CC1=CC2=N[C@](c3ccccc3)(C(C)(C)C)NC(=O)N2C=C1. The van der Waals surface area contributed by atoms with Gasteiger partial charge in [0.25, 0.3) is 0 Å². The first-order valence-corrected chi connectivity index (χ1v) is 7.47. The molecule has 2 amide bonds. The van der Waals surface area contributed by atoms with Crippen molar-refractivity contribution in [1.29, 1.82) is 0 Å². The van der Waals surface area contributed by atoms with Gasteiger partial charge in [-0.2, -0.15) is 0 Å². The number of fused-ring (bicyclic) bond motifs is 1. The lowest BCUT2D eigenvalue weighted by Crippen LogP contribution is -2.61. The fourth-order valence-corrected chi connectivity index (χ4v) is 2.87. The quantitative estimate of drug-likeness (QED) is 0.842. The number of nitrogens with zero attached hydrogens (tertiary/aromatic N) is 2. The summed E-state index contributed by atoms with van der Waals surface area (Å²) in [5.74, 6) is 0.683. The molecule has 0 radical (unpaired) electrons. The number of hydrogen-bond donors (Lipinski definition) is 1. The highest BCUT2D eigenvalue weighted by molar-refractivity contribution is 6.08. The normalized spacial score (nSPS) is 24.4. The lowest BCUT2D eigenvalue weighted by Gasteiger charge is -2.47. The second kappa shape index (κ2) is 4.83. The van der Waals surface area contributed by atoms with Crippen LogP contribution in [0.15, 0.2) is 59.2 Å². The molecule has 0 bridgehead atoms. The van der Waals surface area contributed by atoms with E-state index in [0.717, 1.165) is 11.1 Å². The summed E-state index contributed by atoms with van der Waals surface area (Å²) in [5, 5.41) is 3.12. The molecule has 4 nitrogen and oxygen atoms in total. The van der Waals surface area contributed by atoms with Crippen LogP contribution in [-0.2, 0) is 5.66 Å². The van der Waals surface area contributed by atoms with Gasteiger partial charge in [0.2, 0.25) is 0 Å². The zero-order valence-electron chi connectivity index (χ0n) is 13.4. The number of benzene rings is 1. The predicted molar refractivity (Wildman–Crippen MR) is 88.3 cm³/mol. The van der Waals surface area contributed by atoms with Crippen LogP contribution in [0.1, 0.15) is 33.3 Å². The van der Waals surface area contributed by atoms with E-state index in [1.165, 1.54) is 0 Å². The molecule has 0 saturated carbocycles. The van der Waals surface area contributed by atoms with E-state index >= 15 is 0 Å². The van der Waals surface area contributed by atoms with Crippen molar-refractivity contribution in [3.8, 4) is 0 Å². The first-order valence-electron chi connectivity index (χ1n) is 7.47. The summed E-state index contributed by atoms with van der Waals surface area (Å²) in [4.78, 5) is 19.1. The highest BCUT2D eigenvalue weighted by Crippen LogP contribution is 2.43. The number of carbonyl (C=O) groups excluding carboxylic acids is 1. The molecule has 4 heteroatoms. The zero-order valence-corrected chi connectivity index (χ0v) is 13.4. The summed E-state index contributed by atoms with van der Waals surface area (Å²) in [6.07, 6.45) is 5.62. The van der Waals surface area contributed by atoms with Gasteiger partial charge in [-0.1, -0.05) is 51.1 Å². The molecule has 2 heterocycles. The van der Waals surface area contributed by atoms with Gasteiger partial charge in [0, 0.05) is 17.2 Å². The van der Waals surface area contributed by atoms with E-state index in [1.807, 2.05) is 49.4 Å². The van der Waals surface area contributed by atoms with Crippen molar-refractivity contribution in [3.63, 3.8) is 0 Å². The molecule has 114 valence electrons. The second-order valence-electron chi connectivity index (χ2n) is 6.80. The molecule has 3 rings (SSSR count). The molecule has 1 N–H and O–H groups in total. The lowest BCUT2D eigenvalue weighted by atomic mass is 9.75. The average molecular weight is 295 g/mol. The van der Waals surface area contributed by atoms with Crippen LogP contribution in [0, 0.1) is 5.41 Å². The molecule has 1 aromatic rings. The number of amides is 2. The van der Waals surface area contributed by atoms with Gasteiger partial charge in [0.15, 0.2) is 5.66 Å². The first-order chi connectivity index (χ1) is 10.3. The number of nitrogens with one attached hydrogen (secondary N) is 1. The Balaban J connectivity index is 2.22. The Labute approximate surface area is 131 Å². The smallest absolute Gasteiger partial charge is 0.308 e. The molecule has 1 aromatic carbocycles. The van der Waals surface area contributed by atoms with Gasteiger partial charge in [-0.25, -0.2) is 9.79 Å². The van der Waals surface area contributed by atoms with Gasteiger partial charge in [0.1, 0.15) is 5.84 Å². The topological polar surface area (TPSA) is 44.7 Å². The minimum Gasteiger partial charge on any atom is -0.308 e. The summed E-state index contributed by atoms with van der Waals surface area (Å²) in [6, 6.07) is 9.80. The third-order valence-corrected chi connectivity index (χ3v) is 4.16. The minimum atomic E-state index is -0.779.